The van der Waals surface area contributed by atoms with Gasteiger partial charge in [0.25, 0.3) is 0 Å². The smallest absolute Gasteiger partial charge is 0.160 e. The topological polar surface area (TPSA) is 64.7 Å². The molecular weight excluding hydrogens is 278 g/mol. The molecule has 0 aliphatic carbocycles. The van der Waals surface area contributed by atoms with Gasteiger partial charge in [-0.25, -0.2) is 0 Å². The van der Waals surface area contributed by atoms with E-state index in [2.05, 4.69) is 6.07 Å². The van der Waals surface area contributed by atoms with Gasteiger partial charge in [0.15, 0.2) is 11.7 Å². The molecule has 3 rings (SSSR count). The first-order valence-electron chi connectivity index (χ1n) is 7.41. The first-order valence-corrected chi connectivity index (χ1v) is 7.41. The maximum absolute atomic E-state index is 10.8. The van der Waals surface area contributed by atoms with E-state index in [-0.39, 0.29) is 13.2 Å². The third-order valence-electron chi connectivity index (χ3n) is 4.10. The molecule has 2 aromatic rings. The number of rotatable bonds is 3. The Labute approximate surface area is 130 Å². The van der Waals surface area contributed by atoms with Crippen LogP contribution in [0.25, 0.3) is 0 Å². The standard InChI is InChI=1S/C18H21NO3/c1-12-7-8-15(13(2)9-12)22-17-14-5-3-4-6-16(14)21-11-18(17,20)10-19/h3-9,17,20H,10-11,19H2,1-2H3/t17-,18-/m0/s1. The number of fused-ring (bicyclic) bond motifs is 1. The van der Waals surface area contributed by atoms with Crippen LogP contribution >= 0.6 is 0 Å². The molecule has 4 nitrogen and oxygen atoms in total. The summed E-state index contributed by atoms with van der Waals surface area (Å²) in [6.07, 6.45) is -0.552. The number of benzene rings is 2. The molecular formula is C18H21NO3. The van der Waals surface area contributed by atoms with Gasteiger partial charge >= 0.3 is 0 Å². The van der Waals surface area contributed by atoms with Gasteiger partial charge in [0.1, 0.15) is 18.1 Å². The van der Waals surface area contributed by atoms with Gasteiger partial charge in [-0.3, -0.25) is 0 Å². The van der Waals surface area contributed by atoms with E-state index >= 15 is 0 Å². The summed E-state index contributed by atoms with van der Waals surface area (Å²) in [6.45, 7) is 4.22. The fraction of sp³-hybridized carbons (Fsp3) is 0.333. The van der Waals surface area contributed by atoms with Crippen LogP contribution in [0.1, 0.15) is 22.8 Å². The van der Waals surface area contributed by atoms with Gasteiger partial charge in [0.2, 0.25) is 0 Å². The van der Waals surface area contributed by atoms with Gasteiger partial charge in [-0.2, -0.15) is 0 Å². The molecule has 2 atom stereocenters. The number of hydrogen-bond acceptors (Lipinski definition) is 4. The van der Waals surface area contributed by atoms with Crippen molar-refractivity contribution in [2.24, 2.45) is 5.73 Å². The van der Waals surface area contributed by atoms with Gasteiger partial charge in [0.05, 0.1) is 0 Å². The minimum Gasteiger partial charge on any atom is -0.490 e. The normalized spacial score (nSPS) is 23.5. The second-order valence-electron chi connectivity index (χ2n) is 5.90. The number of hydrogen-bond donors (Lipinski definition) is 2. The molecule has 116 valence electrons. The minimum absolute atomic E-state index is 0.0664. The van der Waals surface area contributed by atoms with E-state index < -0.39 is 11.7 Å². The van der Waals surface area contributed by atoms with Crippen LogP contribution in [0, 0.1) is 13.8 Å². The lowest BCUT2D eigenvalue weighted by Gasteiger charge is -2.40. The van der Waals surface area contributed by atoms with Gasteiger partial charge in [0, 0.05) is 12.1 Å². The Morgan fingerprint density at radius 3 is 2.77 bits per heavy atom. The van der Waals surface area contributed by atoms with Crippen molar-refractivity contribution in [1.29, 1.82) is 0 Å². The fourth-order valence-electron chi connectivity index (χ4n) is 2.79. The monoisotopic (exact) mass is 299 g/mol. The Bertz CT molecular complexity index is 686. The van der Waals surface area contributed by atoms with Crippen LogP contribution in [-0.4, -0.2) is 23.9 Å². The van der Waals surface area contributed by atoms with Crippen LogP contribution in [0.4, 0.5) is 0 Å². The van der Waals surface area contributed by atoms with Crippen molar-refractivity contribution >= 4 is 0 Å². The van der Waals surface area contributed by atoms with Crippen molar-refractivity contribution in [3.63, 3.8) is 0 Å². The minimum atomic E-state index is -1.24. The molecule has 22 heavy (non-hydrogen) atoms. The van der Waals surface area contributed by atoms with E-state index in [0.29, 0.717) is 0 Å². The van der Waals surface area contributed by atoms with Gasteiger partial charge in [-0.1, -0.05) is 35.9 Å². The van der Waals surface area contributed by atoms with E-state index in [1.54, 1.807) is 0 Å². The van der Waals surface area contributed by atoms with Gasteiger partial charge in [-0.15, -0.1) is 0 Å². The zero-order valence-electron chi connectivity index (χ0n) is 12.9. The quantitative estimate of drug-likeness (QED) is 0.914. The highest BCUT2D eigenvalue weighted by atomic mass is 16.5. The Balaban J connectivity index is 2.01. The van der Waals surface area contributed by atoms with Crippen molar-refractivity contribution in [2.45, 2.75) is 25.6 Å². The molecule has 4 heteroatoms. The summed E-state index contributed by atoms with van der Waals surface area (Å²) in [5, 5.41) is 10.8. The summed E-state index contributed by atoms with van der Waals surface area (Å²) in [5.74, 6) is 1.48. The molecule has 0 spiro atoms. The van der Waals surface area contributed by atoms with Crippen LogP contribution in [-0.2, 0) is 0 Å². The molecule has 3 N–H and O–H groups in total. The molecule has 1 heterocycles. The fourth-order valence-corrected chi connectivity index (χ4v) is 2.79. The molecule has 0 unspecified atom stereocenters. The van der Waals surface area contributed by atoms with E-state index in [4.69, 9.17) is 15.2 Å². The third kappa shape index (κ3) is 2.56. The molecule has 2 aromatic carbocycles. The van der Waals surface area contributed by atoms with E-state index in [0.717, 1.165) is 22.6 Å². The average Bonchev–Trinajstić information content (AvgIpc) is 2.52. The van der Waals surface area contributed by atoms with Crippen molar-refractivity contribution < 1.29 is 14.6 Å². The summed E-state index contributed by atoms with van der Waals surface area (Å²) >= 11 is 0. The van der Waals surface area contributed by atoms with Crippen LogP contribution in [0.15, 0.2) is 42.5 Å². The lowest BCUT2D eigenvalue weighted by molar-refractivity contribution is -0.0969. The number of para-hydroxylation sites is 1. The van der Waals surface area contributed by atoms with Crippen LogP contribution in [0.2, 0.25) is 0 Å². The first kappa shape index (κ1) is 14.9. The Hall–Kier alpha value is -2.04. The maximum atomic E-state index is 10.8. The second kappa shape index (κ2) is 5.63. The largest absolute Gasteiger partial charge is 0.490 e. The van der Waals surface area contributed by atoms with Crippen molar-refractivity contribution in [2.75, 3.05) is 13.2 Å². The molecule has 0 amide bonds. The van der Waals surface area contributed by atoms with Gasteiger partial charge < -0.3 is 20.3 Å². The second-order valence-corrected chi connectivity index (χ2v) is 5.90. The molecule has 1 aliphatic heterocycles. The summed E-state index contributed by atoms with van der Waals surface area (Å²) in [7, 11) is 0. The van der Waals surface area contributed by atoms with Crippen LogP contribution < -0.4 is 15.2 Å². The molecule has 0 fully saturated rings. The maximum Gasteiger partial charge on any atom is 0.160 e. The molecule has 0 saturated heterocycles. The number of aryl methyl sites for hydroxylation is 2. The highest BCUT2D eigenvalue weighted by Crippen LogP contribution is 2.40. The first-order chi connectivity index (χ1) is 10.5. The predicted molar refractivity (Wildman–Crippen MR) is 85.2 cm³/mol. The van der Waals surface area contributed by atoms with Crippen LogP contribution in [0.3, 0.4) is 0 Å². The third-order valence-corrected chi connectivity index (χ3v) is 4.10. The average molecular weight is 299 g/mol. The van der Waals surface area contributed by atoms with Gasteiger partial charge in [-0.05, 0) is 31.5 Å². The summed E-state index contributed by atoms with van der Waals surface area (Å²) < 4.78 is 11.8. The summed E-state index contributed by atoms with van der Waals surface area (Å²) in [5.41, 5.74) is 7.57. The molecule has 0 bridgehead atoms. The zero-order chi connectivity index (χ0) is 15.7. The van der Waals surface area contributed by atoms with Crippen LogP contribution in [0.5, 0.6) is 11.5 Å². The number of aliphatic hydroxyl groups is 1. The van der Waals surface area contributed by atoms with Crippen molar-refractivity contribution in [3.05, 3.63) is 59.2 Å². The number of ether oxygens (including phenoxy) is 2. The van der Waals surface area contributed by atoms with E-state index in [1.165, 1.54) is 5.56 Å². The summed E-state index contributed by atoms with van der Waals surface area (Å²) in [6, 6.07) is 13.6. The zero-order valence-corrected chi connectivity index (χ0v) is 12.9. The molecule has 0 radical (unpaired) electrons. The molecule has 0 saturated carbocycles. The molecule has 1 aliphatic rings. The Morgan fingerprint density at radius 2 is 2.05 bits per heavy atom. The summed E-state index contributed by atoms with van der Waals surface area (Å²) in [4.78, 5) is 0. The molecule has 0 aromatic heterocycles. The van der Waals surface area contributed by atoms with Crippen molar-refractivity contribution in [1.82, 2.24) is 0 Å². The lowest BCUT2D eigenvalue weighted by atomic mass is 9.88. The Morgan fingerprint density at radius 1 is 1.27 bits per heavy atom. The van der Waals surface area contributed by atoms with E-state index in [1.807, 2.05) is 50.2 Å². The highest BCUT2D eigenvalue weighted by molar-refractivity contribution is 5.42. The predicted octanol–water partition coefficient (Wildman–Crippen LogP) is 2.51. The van der Waals surface area contributed by atoms with Crippen molar-refractivity contribution in [3.8, 4) is 11.5 Å². The number of nitrogens with two attached hydrogens (primary N) is 1. The SMILES string of the molecule is Cc1ccc(O[C@H]2c3ccccc3OC[C@@]2(O)CN)c(C)c1. The van der Waals surface area contributed by atoms with E-state index in [9.17, 15) is 5.11 Å². The Kier molecular flexibility index (Phi) is 3.81. The highest BCUT2D eigenvalue weighted by Gasteiger charge is 2.44. The lowest BCUT2D eigenvalue weighted by Crippen LogP contribution is -2.52.